The van der Waals surface area contributed by atoms with Crippen molar-refractivity contribution in [1.29, 1.82) is 0 Å². The molecule has 0 aliphatic carbocycles. The zero-order valence-corrected chi connectivity index (χ0v) is 51.1. The first-order valence-electron chi connectivity index (χ1n) is 29.9. The SMILES string of the molecule is CC(C)C(CCC(C)C(CCC(C)C(CCC(C)C(CCC(C)C(CCC(C)C(CCC(C)C(CCC(C)C(CCC(C)C(CCC(C)C(C)C(N)=O)C(N)=O)C(N)=O)C(N)=O)C(N)=O)C(N)=O)C(N)=O)C(N)=O)C(N)=O)C(N)=O. The van der Waals surface area contributed by atoms with Crippen LogP contribution >= 0.6 is 0 Å². The molecule has 0 aliphatic heterocycles. The number of hydrogen-bond acceptors (Lipinski definition) is 10. The highest BCUT2D eigenvalue weighted by molar-refractivity contribution is 5.81. The fourth-order valence-corrected chi connectivity index (χ4v) is 12.6. The minimum atomic E-state index is -0.578. The van der Waals surface area contributed by atoms with Crippen molar-refractivity contribution >= 4 is 59.1 Å². The van der Waals surface area contributed by atoms with Crippen LogP contribution < -0.4 is 57.3 Å². The van der Waals surface area contributed by atoms with Crippen LogP contribution in [0.2, 0.25) is 0 Å². The van der Waals surface area contributed by atoms with Gasteiger partial charge in [0.15, 0.2) is 0 Å². The highest BCUT2D eigenvalue weighted by Crippen LogP contribution is 2.37. The van der Waals surface area contributed by atoms with Crippen molar-refractivity contribution in [3.05, 3.63) is 0 Å². The summed E-state index contributed by atoms with van der Waals surface area (Å²) in [6, 6.07) is 0. The maximum absolute atomic E-state index is 12.9. The van der Waals surface area contributed by atoms with E-state index in [0.29, 0.717) is 116 Å². The molecule has 0 fully saturated rings. The summed E-state index contributed by atoms with van der Waals surface area (Å²) in [7, 11) is 0. The third kappa shape index (κ3) is 26.1. The van der Waals surface area contributed by atoms with Crippen LogP contribution in [0, 0.1) is 118 Å². The highest BCUT2D eigenvalue weighted by Gasteiger charge is 2.35. The molecule has 0 saturated carbocycles. The summed E-state index contributed by atoms with van der Waals surface area (Å²) in [4.78, 5) is 126. The lowest BCUT2D eigenvalue weighted by molar-refractivity contribution is -0.126. The van der Waals surface area contributed by atoms with Gasteiger partial charge in [-0.05, 0) is 175 Å². The molecule has 19 unspecified atom stereocenters. The smallest absolute Gasteiger partial charge is 0.220 e. The number of hydrogen-bond donors (Lipinski definition) is 10. The Labute approximate surface area is 479 Å². The summed E-state index contributed by atoms with van der Waals surface area (Å²) >= 11 is 0. The summed E-state index contributed by atoms with van der Waals surface area (Å²) in [5.74, 6) is -11.1. The van der Waals surface area contributed by atoms with E-state index in [1.165, 1.54) is 0 Å². The van der Waals surface area contributed by atoms with Crippen molar-refractivity contribution in [1.82, 2.24) is 0 Å². The molecule has 0 aliphatic rings. The average Bonchev–Trinajstić information content (AvgIpc) is 3.32. The summed E-state index contributed by atoms with van der Waals surface area (Å²) in [6.07, 6.45) is 8.30. The lowest BCUT2D eigenvalue weighted by Gasteiger charge is -2.29. The third-order valence-electron chi connectivity index (χ3n) is 19.3. The third-order valence-corrected chi connectivity index (χ3v) is 19.3. The molecule has 0 saturated heterocycles. The van der Waals surface area contributed by atoms with E-state index in [-0.39, 0.29) is 76.9 Å². The van der Waals surface area contributed by atoms with Gasteiger partial charge < -0.3 is 57.3 Å². The molecule has 10 amide bonds. The van der Waals surface area contributed by atoms with Gasteiger partial charge in [-0.3, -0.25) is 47.9 Å². The van der Waals surface area contributed by atoms with Gasteiger partial charge in [0.25, 0.3) is 0 Å². The summed E-state index contributed by atoms with van der Waals surface area (Å²) in [5.41, 5.74) is 58.4. The zero-order valence-electron chi connectivity index (χ0n) is 51.1. The lowest BCUT2D eigenvalue weighted by Crippen LogP contribution is -2.35. The van der Waals surface area contributed by atoms with Crippen LogP contribution in [0.3, 0.4) is 0 Å². The molecule has 20 heteroatoms. The molecule has 0 spiro atoms. The molecule has 80 heavy (non-hydrogen) atoms. The van der Waals surface area contributed by atoms with Crippen LogP contribution in [0.5, 0.6) is 0 Å². The van der Waals surface area contributed by atoms with Crippen molar-refractivity contribution in [2.24, 2.45) is 176 Å². The van der Waals surface area contributed by atoms with E-state index < -0.39 is 101 Å². The Morgan fingerprint density at radius 1 is 0.188 bits per heavy atom. The van der Waals surface area contributed by atoms with Crippen molar-refractivity contribution in [3.63, 3.8) is 0 Å². The fraction of sp³-hybridized carbons (Fsp3) is 0.833. The first-order valence-corrected chi connectivity index (χ1v) is 29.9. The van der Waals surface area contributed by atoms with Gasteiger partial charge in [0.1, 0.15) is 0 Å². The van der Waals surface area contributed by atoms with E-state index in [9.17, 15) is 47.9 Å². The van der Waals surface area contributed by atoms with Gasteiger partial charge in [-0.2, -0.15) is 0 Å². The molecule has 0 heterocycles. The second-order valence-electron chi connectivity index (χ2n) is 25.5. The lowest BCUT2D eigenvalue weighted by atomic mass is 9.75. The first kappa shape index (κ1) is 74.7. The average molecular weight is 1130 g/mol. The Bertz CT molecular complexity index is 2000. The molecule has 0 aromatic carbocycles. The van der Waals surface area contributed by atoms with Crippen molar-refractivity contribution in [2.45, 2.75) is 199 Å². The van der Waals surface area contributed by atoms with E-state index in [2.05, 4.69) is 0 Å². The molecule has 0 aromatic heterocycles. The van der Waals surface area contributed by atoms with Crippen LogP contribution in [-0.2, 0) is 47.9 Å². The molecule has 462 valence electrons. The van der Waals surface area contributed by atoms with E-state index in [4.69, 9.17) is 57.3 Å². The molecule has 0 rings (SSSR count). The maximum atomic E-state index is 12.9. The quantitative estimate of drug-likeness (QED) is 0.0369. The van der Waals surface area contributed by atoms with Gasteiger partial charge in [0, 0.05) is 59.2 Å². The van der Waals surface area contributed by atoms with Gasteiger partial charge in [-0.15, -0.1) is 0 Å². The van der Waals surface area contributed by atoms with Gasteiger partial charge in [-0.25, -0.2) is 0 Å². The van der Waals surface area contributed by atoms with E-state index in [1.54, 1.807) is 6.92 Å². The first-order chi connectivity index (χ1) is 37.0. The zero-order chi connectivity index (χ0) is 62.0. The van der Waals surface area contributed by atoms with E-state index >= 15 is 0 Å². The summed E-state index contributed by atoms with van der Waals surface area (Å²) < 4.78 is 0. The summed E-state index contributed by atoms with van der Waals surface area (Å²) in [5, 5.41) is 0. The predicted octanol–water partition coefficient (Wildman–Crippen LogP) is 5.42. The number of primary amides is 10. The Hall–Kier alpha value is -5.30. The topological polar surface area (TPSA) is 431 Å². The number of nitrogens with two attached hydrogens (primary N) is 10. The predicted molar refractivity (Wildman–Crippen MR) is 313 cm³/mol. The van der Waals surface area contributed by atoms with Crippen LogP contribution in [0.4, 0.5) is 0 Å². The minimum Gasteiger partial charge on any atom is -0.369 e. The number of rotatable bonds is 47. The molecule has 0 radical (unpaired) electrons. The summed E-state index contributed by atoms with van der Waals surface area (Å²) in [6.45, 7) is 22.8. The molecule has 0 bridgehead atoms. The van der Waals surface area contributed by atoms with Crippen LogP contribution in [0.1, 0.15) is 199 Å². The largest absolute Gasteiger partial charge is 0.369 e. The Morgan fingerprint density at radius 3 is 0.425 bits per heavy atom. The van der Waals surface area contributed by atoms with Gasteiger partial charge in [-0.1, -0.05) is 83.1 Å². The molecule has 20 N–H and O–H groups in total. The number of carbonyl (C=O) groups excluding carboxylic acids is 10. The molecular formula is C60H112N10O10. The van der Waals surface area contributed by atoms with Crippen molar-refractivity contribution in [3.8, 4) is 0 Å². The second kappa shape index (κ2) is 36.9. The molecule has 0 aromatic rings. The highest BCUT2D eigenvalue weighted by atomic mass is 16.2. The van der Waals surface area contributed by atoms with Crippen LogP contribution in [-0.4, -0.2) is 59.1 Å². The van der Waals surface area contributed by atoms with Crippen LogP contribution in [0.15, 0.2) is 0 Å². The molecule has 20 nitrogen and oxygen atoms in total. The van der Waals surface area contributed by atoms with Gasteiger partial charge in [0.2, 0.25) is 59.1 Å². The normalized spacial score (nSPS) is 19.1. The standard InChI is InChI=1S/C60H112N10O10/c1-31(2)42(52(62)72)22-14-33(4)44(54(64)74)24-16-35(6)46(56(66)76)26-18-37(8)48(58(68)78)28-20-39(10)50(60(70)80)30-21-40(11)49(59(69)79)29-19-38(9)47(57(67)77)27-17-36(7)45(55(65)75)25-15-34(5)43(53(63)73)23-13-32(3)41(12)51(61)71/h31-50H,13-30H2,1-12H3,(H2,61,71)(H2,62,72)(H2,63,73)(H2,64,74)(H2,65,75)(H2,66,76)(H2,67,77)(H2,68,78)(H2,69,79)(H2,70,80). The monoisotopic (exact) mass is 1130 g/mol. The van der Waals surface area contributed by atoms with Crippen molar-refractivity contribution < 1.29 is 47.9 Å². The maximum Gasteiger partial charge on any atom is 0.220 e. The van der Waals surface area contributed by atoms with Gasteiger partial charge >= 0.3 is 0 Å². The van der Waals surface area contributed by atoms with Crippen LogP contribution in [0.25, 0.3) is 0 Å². The number of amides is 10. The molecule has 19 atom stereocenters. The second-order valence-corrected chi connectivity index (χ2v) is 25.5. The molecular weight excluding hydrogens is 1020 g/mol. The van der Waals surface area contributed by atoms with Gasteiger partial charge in [0.05, 0.1) is 0 Å². The Kier molecular flexibility index (Phi) is 34.5. The Morgan fingerprint density at radius 2 is 0.312 bits per heavy atom. The van der Waals surface area contributed by atoms with E-state index in [0.717, 1.165) is 0 Å². The fourth-order valence-electron chi connectivity index (χ4n) is 12.6. The van der Waals surface area contributed by atoms with E-state index in [1.807, 2.05) is 76.2 Å². The van der Waals surface area contributed by atoms with Crippen molar-refractivity contribution in [2.75, 3.05) is 0 Å². The minimum absolute atomic E-state index is 0.0338. The number of carbonyl (C=O) groups is 10. The Balaban J connectivity index is 5.66.